The molecule has 1 aliphatic heterocycles. The van der Waals surface area contributed by atoms with E-state index in [0.717, 1.165) is 16.8 Å². The van der Waals surface area contributed by atoms with Crippen molar-refractivity contribution >= 4 is 29.0 Å². The molecule has 1 aromatic heterocycles. The van der Waals surface area contributed by atoms with Crippen molar-refractivity contribution in [1.82, 2.24) is 4.68 Å². The molecule has 2 heterocycles. The molecule has 8 heteroatoms. The molecule has 0 aliphatic carbocycles. The van der Waals surface area contributed by atoms with Crippen LogP contribution >= 0.6 is 11.6 Å². The number of ether oxygens (including phenoxy) is 1. The lowest BCUT2D eigenvalue weighted by Crippen LogP contribution is -2.07. The Morgan fingerprint density at radius 1 is 1.24 bits per heavy atom. The first-order valence-corrected chi connectivity index (χ1v) is 9.35. The van der Waals surface area contributed by atoms with E-state index in [2.05, 4.69) is 0 Å². The lowest BCUT2D eigenvalue weighted by atomic mass is 9.95. The Morgan fingerprint density at radius 3 is 2.69 bits per heavy atom. The van der Waals surface area contributed by atoms with Gasteiger partial charge in [-0.3, -0.25) is 10.1 Å². The SMILES string of the molecule is CCOC(=O)c1cc2n(c1)N=C(c1ccc([N+](=O)[O-])cc1)c1cc(Cl)ccc1C2. The Hall–Kier alpha value is -3.45. The highest BCUT2D eigenvalue weighted by Crippen LogP contribution is 2.27. The number of fused-ring (bicyclic) bond motifs is 2. The van der Waals surface area contributed by atoms with Crippen molar-refractivity contribution in [1.29, 1.82) is 0 Å². The Labute approximate surface area is 171 Å². The summed E-state index contributed by atoms with van der Waals surface area (Å²) in [6, 6.07) is 13.5. The topological polar surface area (TPSA) is 86.7 Å². The van der Waals surface area contributed by atoms with Crippen LogP contribution in [-0.4, -0.2) is 27.9 Å². The number of halogens is 1. The number of carbonyl (C=O) groups is 1. The van der Waals surface area contributed by atoms with E-state index in [0.29, 0.717) is 28.3 Å². The molecule has 1 aliphatic rings. The molecule has 4 rings (SSSR count). The molecule has 3 aromatic rings. The fourth-order valence-electron chi connectivity index (χ4n) is 3.28. The summed E-state index contributed by atoms with van der Waals surface area (Å²) in [5, 5.41) is 16.3. The van der Waals surface area contributed by atoms with Gasteiger partial charge < -0.3 is 4.74 Å². The van der Waals surface area contributed by atoms with Crippen LogP contribution in [0.4, 0.5) is 5.69 Å². The number of nitro groups is 1. The minimum absolute atomic E-state index is 0.000500. The van der Waals surface area contributed by atoms with Crippen LogP contribution in [0.3, 0.4) is 0 Å². The van der Waals surface area contributed by atoms with Crippen LogP contribution in [0.15, 0.2) is 59.8 Å². The zero-order chi connectivity index (χ0) is 20.5. The highest BCUT2D eigenvalue weighted by molar-refractivity contribution is 6.31. The van der Waals surface area contributed by atoms with Crippen molar-refractivity contribution in [3.8, 4) is 0 Å². The average molecular weight is 410 g/mol. The number of hydrogen-bond acceptors (Lipinski definition) is 5. The number of nitro benzene ring substituents is 1. The summed E-state index contributed by atoms with van der Waals surface area (Å²) in [6.45, 7) is 2.04. The second-order valence-electron chi connectivity index (χ2n) is 6.52. The third-order valence-corrected chi connectivity index (χ3v) is 4.88. The first-order chi connectivity index (χ1) is 14.0. The van der Waals surface area contributed by atoms with Gasteiger partial charge in [-0.1, -0.05) is 17.7 Å². The van der Waals surface area contributed by atoms with Gasteiger partial charge in [-0.2, -0.15) is 5.10 Å². The Morgan fingerprint density at radius 2 is 2.00 bits per heavy atom. The van der Waals surface area contributed by atoms with Gasteiger partial charge in [0.05, 0.1) is 22.8 Å². The second kappa shape index (κ2) is 7.52. The van der Waals surface area contributed by atoms with Crippen molar-refractivity contribution in [3.63, 3.8) is 0 Å². The highest BCUT2D eigenvalue weighted by Gasteiger charge is 2.22. The summed E-state index contributed by atoms with van der Waals surface area (Å²) in [4.78, 5) is 22.7. The molecule has 0 unspecified atom stereocenters. The molecule has 0 N–H and O–H groups in total. The number of benzene rings is 2. The van der Waals surface area contributed by atoms with Crippen LogP contribution in [-0.2, 0) is 11.2 Å². The lowest BCUT2D eigenvalue weighted by molar-refractivity contribution is -0.384. The van der Waals surface area contributed by atoms with E-state index < -0.39 is 10.9 Å². The predicted octanol–water partition coefficient (Wildman–Crippen LogP) is 4.43. The lowest BCUT2D eigenvalue weighted by Gasteiger charge is -2.10. The van der Waals surface area contributed by atoms with Gasteiger partial charge in [0.25, 0.3) is 5.69 Å². The van der Waals surface area contributed by atoms with Gasteiger partial charge in [0, 0.05) is 46.6 Å². The van der Waals surface area contributed by atoms with Gasteiger partial charge in [0.2, 0.25) is 0 Å². The number of rotatable bonds is 4. The van der Waals surface area contributed by atoms with Crippen LogP contribution in [0.1, 0.15) is 39.7 Å². The van der Waals surface area contributed by atoms with Crippen LogP contribution in [0, 0.1) is 10.1 Å². The Kier molecular flexibility index (Phi) is 4.90. The summed E-state index contributed by atoms with van der Waals surface area (Å²) in [7, 11) is 0. The maximum atomic E-state index is 12.1. The van der Waals surface area contributed by atoms with Gasteiger partial charge in [-0.15, -0.1) is 0 Å². The molecule has 0 saturated heterocycles. The van der Waals surface area contributed by atoms with E-state index in [1.54, 1.807) is 42.1 Å². The molecule has 0 amide bonds. The summed E-state index contributed by atoms with van der Waals surface area (Å²) in [5.74, 6) is -0.406. The smallest absolute Gasteiger partial charge is 0.339 e. The van der Waals surface area contributed by atoms with Gasteiger partial charge >= 0.3 is 5.97 Å². The zero-order valence-electron chi connectivity index (χ0n) is 15.5. The van der Waals surface area contributed by atoms with E-state index in [-0.39, 0.29) is 12.3 Å². The quantitative estimate of drug-likeness (QED) is 0.283. The van der Waals surface area contributed by atoms with E-state index in [1.165, 1.54) is 12.1 Å². The van der Waals surface area contributed by atoms with Crippen molar-refractivity contribution in [3.05, 3.63) is 97.8 Å². The largest absolute Gasteiger partial charge is 0.462 e. The van der Waals surface area contributed by atoms with Gasteiger partial charge in [-0.05, 0) is 42.8 Å². The number of non-ortho nitro benzene ring substituents is 1. The molecule has 0 bridgehead atoms. The molecule has 29 heavy (non-hydrogen) atoms. The summed E-state index contributed by atoms with van der Waals surface area (Å²) >= 11 is 6.22. The summed E-state index contributed by atoms with van der Waals surface area (Å²) < 4.78 is 6.74. The van der Waals surface area contributed by atoms with Gasteiger partial charge in [-0.25, -0.2) is 9.47 Å². The third kappa shape index (κ3) is 3.64. The average Bonchev–Trinajstić information content (AvgIpc) is 3.04. The monoisotopic (exact) mass is 409 g/mol. The minimum atomic E-state index is -0.445. The van der Waals surface area contributed by atoms with Crippen molar-refractivity contribution in [2.45, 2.75) is 13.3 Å². The second-order valence-corrected chi connectivity index (χ2v) is 6.95. The molecule has 0 fully saturated rings. The fourth-order valence-corrected chi connectivity index (χ4v) is 3.46. The van der Waals surface area contributed by atoms with Crippen LogP contribution in [0.25, 0.3) is 0 Å². The number of aromatic nitrogens is 1. The molecule has 0 atom stereocenters. The standard InChI is InChI=1S/C21H16ClN3O4/c1-2-29-21(26)15-10-18-9-14-3-6-16(22)11-19(14)20(23-24(18)12-15)13-4-7-17(8-5-13)25(27)28/h3-8,10-12H,2,9H2,1H3. The Balaban J connectivity index is 1.87. The number of nitrogens with zero attached hydrogens (tertiary/aromatic N) is 3. The maximum absolute atomic E-state index is 12.1. The van der Waals surface area contributed by atoms with Crippen LogP contribution < -0.4 is 0 Å². The van der Waals surface area contributed by atoms with Crippen molar-refractivity contribution < 1.29 is 14.5 Å². The molecule has 0 spiro atoms. The molecule has 7 nitrogen and oxygen atoms in total. The summed E-state index contributed by atoms with van der Waals surface area (Å²) in [6.07, 6.45) is 2.18. The number of carbonyl (C=O) groups excluding carboxylic acids is 1. The number of hydrogen-bond donors (Lipinski definition) is 0. The van der Waals surface area contributed by atoms with Gasteiger partial charge in [0.15, 0.2) is 0 Å². The summed E-state index contributed by atoms with van der Waals surface area (Å²) in [5.41, 5.74) is 4.40. The predicted molar refractivity (Wildman–Crippen MR) is 109 cm³/mol. The van der Waals surface area contributed by atoms with Crippen molar-refractivity contribution in [2.75, 3.05) is 6.61 Å². The van der Waals surface area contributed by atoms with Crippen molar-refractivity contribution in [2.24, 2.45) is 5.10 Å². The normalized spacial score (nSPS) is 12.4. The van der Waals surface area contributed by atoms with E-state index >= 15 is 0 Å². The molecule has 2 aromatic carbocycles. The molecule has 146 valence electrons. The van der Waals surface area contributed by atoms with E-state index in [9.17, 15) is 14.9 Å². The maximum Gasteiger partial charge on any atom is 0.339 e. The molecule has 0 radical (unpaired) electrons. The Bertz CT molecular complexity index is 1150. The minimum Gasteiger partial charge on any atom is -0.462 e. The van der Waals surface area contributed by atoms with E-state index in [1.807, 2.05) is 12.1 Å². The number of esters is 1. The molecular formula is C21H16ClN3O4. The van der Waals surface area contributed by atoms with Crippen LogP contribution in [0.5, 0.6) is 0 Å². The first kappa shape index (κ1) is 18.9. The molecular weight excluding hydrogens is 394 g/mol. The first-order valence-electron chi connectivity index (χ1n) is 8.97. The van der Waals surface area contributed by atoms with E-state index in [4.69, 9.17) is 21.4 Å². The highest BCUT2D eigenvalue weighted by atomic mass is 35.5. The van der Waals surface area contributed by atoms with Gasteiger partial charge in [0.1, 0.15) is 0 Å². The van der Waals surface area contributed by atoms with Crippen LogP contribution in [0.2, 0.25) is 5.02 Å². The third-order valence-electron chi connectivity index (χ3n) is 4.65. The molecule has 0 saturated carbocycles. The zero-order valence-corrected chi connectivity index (χ0v) is 16.2. The fraction of sp³-hybridized carbons (Fsp3) is 0.143.